The summed E-state index contributed by atoms with van der Waals surface area (Å²) in [6, 6.07) is 14.1. The maximum Gasteiger partial charge on any atom is 0.234 e. The van der Waals surface area contributed by atoms with Crippen molar-refractivity contribution in [2.45, 2.75) is 32.3 Å². The molecule has 0 unspecified atom stereocenters. The Balaban J connectivity index is 1.67. The molecule has 2 aromatic carbocycles. The highest BCUT2D eigenvalue weighted by molar-refractivity contribution is 7.99. The number of nitrogens with one attached hydrogen (secondary N) is 1. The van der Waals surface area contributed by atoms with Gasteiger partial charge in [-0.2, -0.15) is 0 Å². The Morgan fingerprint density at radius 3 is 2.81 bits per heavy atom. The monoisotopic (exact) mass is 366 g/mol. The van der Waals surface area contributed by atoms with Gasteiger partial charge >= 0.3 is 0 Å². The summed E-state index contributed by atoms with van der Waals surface area (Å²) in [5.74, 6) is 0.221. The van der Waals surface area contributed by atoms with E-state index in [1.807, 2.05) is 22.8 Å². The smallest absolute Gasteiger partial charge is 0.234 e. The molecule has 0 saturated carbocycles. The standard InChI is InChI=1S/C20H22N4OS/c1-4-16-6-5-7-17(11-16)22-19(25)12-26-20-23-21-13-24(20)18-9-8-14(2)10-15(18)3/h5-11,13H,4,12H2,1-3H3,(H,22,25). The predicted octanol–water partition coefficient (Wildman–Crippen LogP) is 4.18. The Kier molecular flexibility index (Phi) is 5.73. The minimum atomic E-state index is -0.0570. The van der Waals surface area contributed by atoms with E-state index in [1.165, 1.54) is 22.9 Å². The van der Waals surface area contributed by atoms with E-state index in [4.69, 9.17) is 0 Å². The van der Waals surface area contributed by atoms with Crippen molar-refractivity contribution in [3.63, 3.8) is 0 Å². The van der Waals surface area contributed by atoms with Gasteiger partial charge in [0.1, 0.15) is 6.33 Å². The summed E-state index contributed by atoms with van der Waals surface area (Å²) in [6.07, 6.45) is 2.63. The highest BCUT2D eigenvalue weighted by atomic mass is 32.2. The van der Waals surface area contributed by atoms with Gasteiger partial charge in [0.2, 0.25) is 5.91 Å². The molecule has 0 aliphatic carbocycles. The molecule has 0 saturated heterocycles. The lowest BCUT2D eigenvalue weighted by molar-refractivity contribution is -0.113. The van der Waals surface area contributed by atoms with Crippen LogP contribution in [0.3, 0.4) is 0 Å². The minimum Gasteiger partial charge on any atom is -0.325 e. The number of rotatable bonds is 6. The van der Waals surface area contributed by atoms with Gasteiger partial charge in [-0.1, -0.05) is 48.5 Å². The quantitative estimate of drug-likeness (QED) is 0.665. The van der Waals surface area contributed by atoms with Crippen molar-refractivity contribution in [1.29, 1.82) is 0 Å². The van der Waals surface area contributed by atoms with Gasteiger partial charge in [-0.3, -0.25) is 9.36 Å². The van der Waals surface area contributed by atoms with Crippen LogP contribution in [0.25, 0.3) is 5.69 Å². The zero-order valence-electron chi connectivity index (χ0n) is 15.2. The van der Waals surface area contributed by atoms with Gasteiger partial charge in [0.05, 0.1) is 11.4 Å². The van der Waals surface area contributed by atoms with E-state index in [9.17, 15) is 4.79 Å². The van der Waals surface area contributed by atoms with Gasteiger partial charge in [-0.25, -0.2) is 0 Å². The maximum absolute atomic E-state index is 12.3. The third-order valence-electron chi connectivity index (χ3n) is 4.08. The molecular formula is C20H22N4OS. The summed E-state index contributed by atoms with van der Waals surface area (Å²) in [6.45, 7) is 6.22. The highest BCUT2D eigenvalue weighted by Gasteiger charge is 2.12. The molecule has 134 valence electrons. The first-order valence-electron chi connectivity index (χ1n) is 8.56. The molecule has 26 heavy (non-hydrogen) atoms. The van der Waals surface area contributed by atoms with E-state index in [-0.39, 0.29) is 11.7 Å². The first-order valence-corrected chi connectivity index (χ1v) is 9.54. The van der Waals surface area contributed by atoms with Gasteiger partial charge in [0.25, 0.3) is 0 Å². The molecule has 0 atom stereocenters. The van der Waals surface area contributed by atoms with E-state index in [1.54, 1.807) is 6.33 Å². The fourth-order valence-corrected chi connectivity index (χ4v) is 3.48. The summed E-state index contributed by atoms with van der Waals surface area (Å²) >= 11 is 1.38. The van der Waals surface area contributed by atoms with Crippen LogP contribution in [0.15, 0.2) is 53.9 Å². The Hall–Kier alpha value is -2.60. The van der Waals surface area contributed by atoms with Crippen LogP contribution in [0.2, 0.25) is 0 Å². The third-order valence-corrected chi connectivity index (χ3v) is 5.02. The molecule has 6 heteroatoms. The molecule has 1 amide bonds. The maximum atomic E-state index is 12.3. The van der Waals surface area contributed by atoms with Crippen LogP contribution in [0.5, 0.6) is 0 Å². The van der Waals surface area contributed by atoms with E-state index < -0.39 is 0 Å². The largest absolute Gasteiger partial charge is 0.325 e. The zero-order chi connectivity index (χ0) is 18.5. The van der Waals surface area contributed by atoms with Gasteiger partial charge in [0.15, 0.2) is 5.16 Å². The van der Waals surface area contributed by atoms with Crippen LogP contribution in [0.4, 0.5) is 5.69 Å². The molecule has 0 fully saturated rings. The summed E-state index contributed by atoms with van der Waals surface area (Å²) in [7, 11) is 0. The van der Waals surface area contributed by atoms with Crippen LogP contribution < -0.4 is 5.32 Å². The van der Waals surface area contributed by atoms with Crippen LogP contribution in [-0.4, -0.2) is 26.4 Å². The molecular weight excluding hydrogens is 344 g/mol. The van der Waals surface area contributed by atoms with Crippen molar-refractivity contribution in [3.8, 4) is 5.69 Å². The number of carbonyl (C=O) groups excluding carboxylic acids is 1. The number of thioether (sulfide) groups is 1. The van der Waals surface area contributed by atoms with Crippen LogP contribution in [-0.2, 0) is 11.2 Å². The number of carbonyl (C=O) groups is 1. The number of aromatic nitrogens is 3. The van der Waals surface area contributed by atoms with Crippen LogP contribution in [0, 0.1) is 13.8 Å². The topological polar surface area (TPSA) is 59.8 Å². The molecule has 1 aromatic heterocycles. The van der Waals surface area contributed by atoms with Crippen LogP contribution >= 0.6 is 11.8 Å². The van der Waals surface area contributed by atoms with Crippen molar-refractivity contribution in [1.82, 2.24) is 14.8 Å². The van der Waals surface area contributed by atoms with Crippen molar-refractivity contribution in [2.75, 3.05) is 11.1 Å². The molecule has 5 nitrogen and oxygen atoms in total. The molecule has 1 heterocycles. The lowest BCUT2D eigenvalue weighted by Gasteiger charge is -2.10. The third kappa shape index (κ3) is 4.32. The molecule has 0 aliphatic rings. The second-order valence-corrected chi connectivity index (χ2v) is 7.11. The fraction of sp³-hybridized carbons (Fsp3) is 0.250. The van der Waals surface area contributed by atoms with E-state index in [0.717, 1.165) is 23.4 Å². The van der Waals surface area contributed by atoms with Gasteiger partial charge in [-0.15, -0.1) is 10.2 Å². The Labute approximate surface area is 157 Å². The number of benzene rings is 2. The molecule has 3 rings (SSSR count). The molecule has 0 radical (unpaired) electrons. The first kappa shape index (κ1) is 18.2. The first-order chi connectivity index (χ1) is 12.6. The number of anilines is 1. The number of aryl methyl sites for hydroxylation is 3. The summed E-state index contributed by atoms with van der Waals surface area (Å²) in [5.41, 5.74) is 5.41. The van der Waals surface area contributed by atoms with Gasteiger partial charge in [-0.05, 0) is 49.6 Å². The van der Waals surface area contributed by atoms with Crippen molar-refractivity contribution in [2.24, 2.45) is 0 Å². The number of nitrogens with zero attached hydrogens (tertiary/aromatic N) is 3. The average Bonchev–Trinajstić information content (AvgIpc) is 3.08. The lowest BCUT2D eigenvalue weighted by Crippen LogP contribution is -2.14. The van der Waals surface area contributed by atoms with Crippen molar-refractivity contribution >= 4 is 23.4 Å². The highest BCUT2D eigenvalue weighted by Crippen LogP contribution is 2.23. The molecule has 0 aliphatic heterocycles. The number of hydrogen-bond acceptors (Lipinski definition) is 4. The molecule has 0 spiro atoms. The predicted molar refractivity (Wildman–Crippen MR) is 106 cm³/mol. The van der Waals surface area contributed by atoms with Crippen LogP contribution in [0.1, 0.15) is 23.6 Å². The van der Waals surface area contributed by atoms with Gasteiger partial charge < -0.3 is 5.32 Å². The van der Waals surface area contributed by atoms with E-state index >= 15 is 0 Å². The minimum absolute atomic E-state index is 0.0570. The Morgan fingerprint density at radius 2 is 2.04 bits per heavy atom. The number of amides is 1. The normalized spacial score (nSPS) is 10.7. The Morgan fingerprint density at radius 1 is 1.19 bits per heavy atom. The summed E-state index contributed by atoms with van der Waals surface area (Å²) in [4.78, 5) is 12.3. The lowest BCUT2D eigenvalue weighted by atomic mass is 10.1. The van der Waals surface area contributed by atoms with E-state index in [0.29, 0.717) is 5.16 Å². The fourth-order valence-electron chi connectivity index (χ4n) is 2.76. The van der Waals surface area contributed by atoms with E-state index in [2.05, 4.69) is 60.6 Å². The van der Waals surface area contributed by atoms with Gasteiger partial charge in [0, 0.05) is 5.69 Å². The second-order valence-electron chi connectivity index (χ2n) is 6.16. The van der Waals surface area contributed by atoms with Crippen molar-refractivity contribution in [3.05, 3.63) is 65.5 Å². The molecule has 1 N–H and O–H groups in total. The zero-order valence-corrected chi connectivity index (χ0v) is 16.0. The number of hydrogen-bond donors (Lipinski definition) is 1. The Bertz CT molecular complexity index is 920. The SMILES string of the molecule is CCc1cccc(NC(=O)CSc2nncn2-c2ccc(C)cc2C)c1. The molecule has 3 aromatic rings. The second kappa shape index (κ2) is 8.19. The summed E-state index contributed by atoms with van der Waals surface area (Å²) in [5, 5.41) is 11.8. The summed E-state index contributed by atoms with van der Waals surface area (Å²) < 4.78 is 1.92. The van der Waals surface area contributed by atoms with Crippen molar-refractivity contribution < 1.29 is 4.79 Å². The average molecular weight is 366 g/mol. The molecule has 0 bridgehead atoms.